The summed E-state index contributed by atoms with van der Waals surface area (Å²) in [5.41, 5.74) is 0.818. The number of nitrogens with one attached hydrogen (secondary N) is 1. The lowest BCUT2D eigenvalue weighted by molar-refractivity contribution is 0.285. The van der Waals surface area contributed by atoms with Crippen LogP contribution in [-0.4, -0.2) is 31.1 Å². The number of rotatable bonds is 7. The first-order valence-corrected chi connectivity index (χ1v) is 9.16. The molecule has 0 aromatic carbocycles. The number of hydrogen-bond acceptors (Lipinski definition) is 5. The molecular formula is C11H19NO3S3. The summed E-state index contributed by atoms with van der Waals surface area (Å²) >= 11 is 2.83. The number of aliphatic hydroxyl groups is 1. The molecule has 18 heavy (non-hydrogen) atoms. The number of thiophene rings is 1. The van der Waals surface area contributed by atoms with Gasteiger partial charge in [-0.25, -0.2) is 13.1 Å². The Morgan fingerprint density at radius 2 is 2.22 bits per heavy atom. The molecule has 1 atom stereocenters. The van der Waals surface area contributed by atoms with Crippen LogP contribution in [-0.2, 0) is 16.6 Å². The van der Waals surface area contributed by atoms with Gasteiger partial charge in [-0.15, -0.1) is 11.3 Å². The Morgan fingerprint density at radius 1 is 1.56 bits per heavy atom. The molecule has 0 fully saturated rings. The van der Waals surface area contributed by atoms with Gasteiger partial charge in [0.25, 0.3) is 0 Å². The van der Waals surface area contributed by atoms with Gasteiger partial charge in [0.1, 0.15) is 4.21 Å². The third-order valence-electron chi connectivity index (χ3n) is 2.33. The van der Waals surface area contributed by atoms with Gasteiger partial charge in [-0.05, 0) is 31.2 Å². The van der Waals surface area contributed by atoms with E-state index in [4.69, 9.17) is 5.11 Å². The highest BCUT2D eigenvalue weighted by Crippen LogP contribution is 2.26. The minimum absolute atomic E-state index is 0.0973. The SMILES string of the molecule is CCSCC(C)NS(=O)(=O)c1cc(C)c(CO)s1. The standard InChI is InChI=1S/C11H19NO3S3/c1-4-16-7-9(3)12-18(14,15)11-5-8(2)10(6-13)17-11/h5,9,12-13H,4,6-7H2,1-3H3. The van der Waals surface area contributed by atoms with E-state index in [1.165, 1.54) is 0 Å². The normalized spacial score (nSPS) is 13.8. The summed E-state index contributed by atoms with van der Waals surface area (Å²) in [7, 11) is -3.46. The summed E-state index contributed by atoms with van der Waals surface area (Å²) in [5, 5.41) is 9.09. The van der Waals surface area contributed by atoms with Gasteiger partial charge in [0.15, 0.2) is 0 Å². The van der Waals surface area contributed by atoms with Gasteiger partial charge in [-0.1, -0.05) is 6.92 Å². The van der Waals surface area contributed by atoms with Crippen LogP contribution in [0.3, 0.4) is 0 Å². The zero-order chi connectivity index (χ0) is 13.8. The molecule has 1 rings (SSSR count). The van der Waals surface area contributed by atoms with Crippen LogP contribution in [0.1, 0.15) is 24.3 Å². The van der Waals surface area contributed by atoms with Crippen LogP contribution in [0, 0.1) is 6.92 Å². The van der Waals surface area contributed by atoms with Gasteiger partial charge in [0, 0.05) is 16.7 Å². The fourth-order valence-corrected chi connectivity index (χ4v) is 4.92. The van der Waals surface area contributed by atoms with Gasteiger partial charge in [0.2, 0.25) is 10.0 Å². The summed E-state index contributed by atoms with van der Waals surface area (Å²) < 4.78 is 27.1. The highest BCUT2D eigenvalue weighted by Gasteiger charge is 2.20. The molecule has 1 aromatic rings. The molecule has 0 aliphatic rings. The molecule has 0 aliphatic heterocycles. The van der Waals surface area contributed by atoms with Crippen molar-refractivity contribution in [3.8, 4) is 0 Å². The van der Waals surface area contributed by atoms with Crippen molar-refractivity contribution in [2.75, 3.05) is 11.5 Å². The summed E-state index contributed by atoms with van der Waals surface area (Å²) in [5.74, 6) is 1.73. The molecule has 0 spiro atoms. The second-order valence-electron chi connectivity index (χ2n) is 4.01. The van der Waals surface area contributed by atoms with Crippen molar-refractivity contribution in [1.82, 2.24) is 4.72 Å². The van der Waals surface area contributed by atoms with Crippen LogP contribution in [0.25, 0.3) is 0 Å². The first kappa shape index (κ1) is 16.0. The van der Waals surface area contributed by atoms with Crippen molar-refractivity contribution >= 4 is 33.1 Å². The van der Waals surface area contributed by atoms with Crippen molar-refractivity contribution in [3.63, 3.8) is 0 Å². The monoisotopic (exact) mass is 309 g/mol. The Morgan fingerprint density at radius 3 is 2.72 bits per heavy atom. The molecule has 0 saturated heterocycles. The average molecular weight is 309 g/mol. The van der Waals surface area contributed by atoms with Gasteiger partial charge < -0.3 is 5.11 Å². The highest BCUT2D eigenvalue weighted by molar-refractivity contribution is 7.99. The van der Waals surface area contributed by atoms with Crippen molar-refractivity contribution in [2.24, 2.45) is 0 Å². The molecule has 7 heteroatoms. The maximum Gasteiger partial charge on any atom is 0.250 e. The fourth-order valence-electron chi connectivity index (χ4n) is 1.43. The molecule has 104 valence electrons. The summed E-state index contributed by atoms with van der Waals surface area (Å²) in [6.45, 7) is 5.58. The Kier molecular flexibility index (Phi) is 6.13. The van der Waals surface area contributed by atoms with E-state index < -0.39 is 10.0 Å². The van der Waals surface area contributed by atoms with Crippen molar-refractivity contribution in [3.05, 3.63) is 16.5 Å². The van der Waals surface area contributed by atoms with E-state index in [1.54, 1.807) is 24.8 Å². The maximum absolute atomic E-state index is 12.1. The summed E-state index contributed by atoms with van der Waals surface area (Å²) in [4.78, 5) is 0.700. The molecule has 1 aromatic heterocycles. The van der Waals surface area contributed by atoms with Crippen LogP contribution in [0.5, 0.6) is 0 Å². The van der Waals surface area contributed by atoms with Crippen LogP contribution >= 0.6 is 23.1 Å². The van der Waals surface area contributed by atoms with Crippen LogP contribution in [0.4, 0.5) is 0 Å². The van der Waals surface area contributed by atoms with Gasteiger partial charge in [-0.3, -0.25) is 0 Å². The molecule has 1 heterocycles. The van der Waals surface area contributed by atoms with Crippen molar-refractivity contribution in [1.29, 1.82) is 0 Å². The minimum Gasteiger partial charge on any atom is -0.391 e. The second-order valence-corrected chi connectivity index (χ2v) is 8.41. The van der Waals surface area contributed by atoms with E-state index in [2.05, 4.69) is 4.72 Å². The van der Waals surface area contributed by atoms with E-state index in [1.807, 2.05) is 13.8 Å². The Hall–Kier alpha value is -0.0800. The highest BCUT2D eigenvalue weighted by atomic mass is 32.2. The third kappa shape index (κ3) is 4.24. The maximum atomic E-state index is 12.1. The summed E-state index contributed by atoms with van der Waals surface area (Å²) in [6, 6.07) is 1.51. The molecular weight excluding hydrogens is 290 g/mol. The number of aliphatic hydroxyl groups excluding tert-OH is 1. The number of sulfonamides is 1. The van der Waals surface area contributed by atoms with E-state index in [9.17, 15) is 8.42 Å². The predicted octanol–water partition coefficient (Wildman–Crippen LogP) is 1.97. The largest absolute Gasteiger partial charge is 0.391 e. The van der Waals surface area contributed by atoms with Crippen LogP contribution in [0.15, 0.2) is 10.3 Å². The fraction of sp³-hybridized carbons (Fsp3) is 0.636. The Labute approximate surface area is 117 Å². The number of thioether (sulfide) groups is 1. The van der Waals surface area contributed by atoms with Crippen LogP contribution in [0.2, 0.25) is 0 Å². The molecule has 2 N–H and O–H groups in total. The van der Waals surface area contributed by atoms with E-state index in [0.717, 1.165) is 28.4 Å². The smallest absolute Gasteiger partial charge is 0.250 e. The lowest BCUT2D eigenvalue weighted by Gasteiger charge is -2.12. The molecule has 0 amide bonds. The van der Waals surface area contributed by atoms with Gasteiger partial charge >= 0.3 is 0 Å². The van der Waals surface area contributed by atoms with E-state index >= 15 is 0 Å². The Balaban J connectivity index is 2.79. The lowest BCUT2D eigenvalue weighted by atomic mass is 10.3. The minimum atomic E-state index is -3.46. The van der Waals surface area contributed by atoms with E-state index in [0.29, 0.717) is 4.88 Å². The van der Waals surface area contributed by atoms with Gasteiger partial charge in [-0.2, -0.15) is 11.8 Å². The quantitative estimate of drug-likeness (QED) is 0.808. The van der Waals surface area contributed by atoms with Gasteiger partial charge in [0.05, 0.1) is 6.61 Å². The number of hydrogen-bond donors (Lipinski definition) is 2. The molecule has 4 nitrogen and oxygen atoms in total. The zero-order valence-electron chi connectivity index (χ0n) is 10.8. The van der Waals surface area contributed by atoms with Crippen LogP contribution < -0.4 is 4.72 Å². The third-order valence-corrected chi connectivity index (χ3v) is 6.76. The molecule has 0 saturated carbocycles. The van der Waals surface area contributed by atoms with Crippen molar-refractivity contribution in [2.45, 2.75) is 37.6 Å². The average Bonchev–Trinajstić information content (AvgIpc) is 2.68. The molecule has 0 radical (unpaired) electrons. The topological polar surface area (TPSA) is 66.4 Å². The molecule has 0 aliphatic carbocycles. The zero-order valence-corrected chi connectivity index (χ0v) is 13.2. The molecule has 0 bridgehead atoms. The first-order valence-electron chi connectivity index (χ1n) is 5.71. The van der Waals surface area contributed by atoms with E-state index in [-0.39, 0.29) is 16.9 Å². The first-order chi connectivity index (χ1) is 8.40. The second kappa shape index (κ2) is 6.91. The lowest BCUT2D eigenvalue weighted by Crippen LogP contribution is -2.33. The number of aryl methyl sites for hydroxylation is 1. The molecule has 1 unspecified atom stereocenters. The summed E-state index contributed by atoms with van der Waals surface area (Å²) in [6.07, 6.45) is 0. The Bertz CT molecular complexity index is 482. The predicted molar refractivity (Wildman–Crippen MR) is 77.8 cm³/mol. The van der Waals surface area contributed by atoms with Crippen molar-refractivity contribution < 1.29 is 13.5 Å².